The summed E-state index contributed by atoms with van der Waals surface area (Å²) in [6.07, 6.45) is 5.85. The van der Waals surface area contributed by atoms with Gasteiger partial charge >= 0.3 is 0 Å². The average molecular weight is 532 g/mol. The fourth-order valence-corrected chi connectivity index (χ4v) is 3.79. The maximum Gasteiger partial charge on any atom is 0.223 e. The van der Waals surface area contributed by atoms with Crippen LogP contribution in [0, 0.1) is 11.7 Å². The minimum atomic E-state index is -0.264. The smallest absolute Gasteiger partial charge is 0.223 e. The number of ether oxygens (including phenoxy) is 1. The molecule has 30 heavy (non-hydrogen) atoms. The van der Waals surface area contributed by atoms with Crippen LogP contribution in [-0.2, 0) is 9.53 Å². The number of carbonyl (C=O) groups excluding carboxylic acids is 1. The molecule has 1 aromatic carbocycles. The second-order valence-corrected chi connectivity index (χ2v) is 7.98. The summed E-state index contributed by atoms with van der Waals surface area (Å²) in [5.74, 6) is 0.747. The normalized spacial score (nSPS) is 22.6. The molecule has 3 N–H and O–H groups in total. The number of carbonyl (C=O) groups is 1. The van der Waals surface area contributed by atoms with Gasteiger partial charge in [0.25, 0.3) is 0 Å². The van der Waals surface area contributed by atoms with Gasteiger partial charge in [0, 0.05) is 31.7 Å². The first-order valence-electron chi connectivity index (χ1n) is 10.7. The minimum Gasteiger partial charge on any atom is -0.375 e. The van der Waals surface area contributed by atoms with E-state index in [0.29, 0.717) is 12.6 Å². The molecule has 2 aliphatic rings. The van der Waals surface area contributed by atoms with Gasteiger partial charge < -0.3 is 20.7 Å². The molecular weight excluding hydrogens is 498 g/mol. The molecule has 1 aromatic rings. The average Bonchev–Trinajstić information content (AvgIpc) is 3.54. The third-order valence-corrected chi connectivity index (χ3v) is 5.60. The lowest BCUT2D eigenvalue weighted by molar-refractivity contribution is -0.126. The molecule has 0 bridgehead atoms. The van der Waals surface area contributed by atoms with E-state index in [2.05, 4.69) is 20.9 Å². The molecule has 0 saturated heterocycles. The van der Waals surface area contributed by atoms with Crippen molar-refractivity contribution in [3.05, 3.63) is 35.6 Å². The Balaban J connectivity index is 0.00000320. The number of hydrogen-bond acceptors (Lipinski definition) is 3. The van der Waals surface area contributed by atoms with E-state index in [-0.39, 0.29) is 53.8 Å². The van der Waals surface area contributed by atoms with Crippen molar-refractivity contribution < 1.29 is 13.9 Å². The van der Waals surface area contributed by atoms with Gasteiger partial charge in [-0.1, -0.05) is 18.6 Å². The topological polar surface area (TPSA) is 74.8 Å². The summed E-state index contributed by atoms with van der Waals surface area (Å²) in [5, 5.41) is 9.91. The molecule has 168 valence electrons. The summed E-state index contributed by atoms with van der Waals surface area (Å²) < 4.78 is 18.7. The first-order chi connectivity index (χ1) is 14.1. The van der Waals surface area contributed by atoms with Crippen molar-refractivity contribution in [1.82, 2.24) is 16.0 Å². The number of nitrogens with zero attached hydrogens (tertiary/aromatic N) is 1. The van der Waals surface area contributed by atoms with Crippen molar-refractivity contribution in [2.45, 2.75) is 63.6 Å². The SMILES string of the molecule is CCNC(=NCC(OC)c1ccc(F)cc1)NC1CCCC(C(=O)NC2CC2)C1.I. The van der Waals surface area contributed by atoms with E-state index >= 15 is 0 Å². The number of methoxy groups -OCH3 is 1. The van der Waals surface area contributed by atoms with Crippen molar-refractivity contribution in [3.8, 4) is 0 Å². The van der Waals surface area contributed by atoms with E-state index in [1.165, 1.54) is 12.1 Å². The number of aliphatic imine (C=N–C) groups is 1. The summed E-state index contributed by atoms with van der Waals surface area (Å²) in [6, 6.07) is 6.95. The van der Waals surface area contributed by atoms with Crippen LogP contribution in [0.1, 0.15) is 57.1 Å². The van der Waals surface area contributed by atoms with Gasteiger partial charge in [-0.3, -0.25) is 9.79 Å². The van der Waals surface area contributed by atoms with Gasteiger partial charge in [-0.05, 0) is 56.7 Å². The highest BCUT2D eigenvalue weighted by atomic mass is 127. The summed E-state index contributed by atoms with van der Waals surface area (Å²) in [5.41, 5.74) is 0.892. The van der Waals surface area contributed by atoms with E-state index < -0.39 is 0 Å². The van der Waals surface area contributed by atoms with Crippen molar-refractivity contribution in [2.24, 2.45) is 10.9 Å². The largest absolute Gasteiger partial charge is 0.375 e. The molecule has 0 aliphatic heterocycles. The Bertz CT molecular complexity index is 697. The standard InChI is InChI=1S/C22H33FN4O2.HI/c1-3-24-22(25-14-20(29-2)15-7-9-17(23)10-8-15)27-19-6-4-5-16(13-19)21(28)26-18-11-12-18;/h7-10,16,18-20H,3-6,11-14H2,1-2H3,(H,26,28)(H2,24,25,27);1H. The van der Waals surface area contributed by atoms with Gasteiger partial charge in [-0.15, -0.1) is 24.0 Å². The summed E-state index contributed by atoms with van der Waals surface area (Å²) >= 11 is 0. The lowest BCUT2D eigenvalue weighted by Gasteiger charge is -2.30. The van der Waals surface area contributed by atoms with E-state index in [9.17, 15) is 9.18 Å². The molecule has 0 spiro atoms. The highest BCUT2D eigenvalue weighted by Crippen LogP contribution is 2.27. The van der Waals surface area contributed by atoms with Gasteiger partial charge in [0.1, 0.15) is 11.9 Å². The molecule has 3 rings (SSSR count). The zero-order valence-corrected chi connectivity index (χ0v) is 20.2. The van der Waals surface area contributed by atoms with Gasteiger partial charge in [0.2, 0.25) is 5.91 Å². The first kappa shape index (κ1) is 24.8. The van der Waals surface area contributed by atoms with E-state index in [0.717, 1.165) is 56.6 Å². The van der Waals surface area contributed by atoms with Crippen molar-refractivity contribution >= 4 is 35.8 Å². The van der Waals surface area contributed by atoms with Crippen LogP contribution in [0.15, 0.2) is 29.3 Å². The molecule has 0 radical (unpaired) electrons. The number of hydrogen-bond donors (Lipinski definition) is 3. The Hall–Kier alpha value is -1.42. The van der Waals surface area contributed by atoms with E-state index in [1.54, 1.807) is 19.2 Å². The van der Waals surface area contributed by atoms with Crippen LogP contribution in [0.5, 0.6) is 0 Å². The quantitative estimate of drug-likeness (QED) is 0.272. The molecule has 1 amide bonds. The number of halogens is 2. The van der Waals surface area contributed by atoms with E-state index in [4.69, 9.17) is 4.74 Å². The zero-order valence-electron chi connectivity index (χ0n) is 17.8. The number of guanidine groups is 1. The fraction of sp³-hybridized carbons (Fsp3) is 0.636. The van der Waals surface area contributed by atoms with Crippen molar-refractivity contribution in [3.63, 3.8) is 0 Å². The maximum absolute atomic E-state index is 13.2. The molecule has 0 aromatic heterocycles. The van der Waals surface area contributed by atoms with Gasteiger partial charge in [-0.25, -0.2) is 4.39 Å². The lowest BCUT2D eigenvalue weighted by Crippen LogP contribution is -2.47. The highest BCUT2D eigenvalue weighted by molar-refractivity contribution is 14.0. The Labute approximate surface area is 195 Å². The Morgan fingerprint density at radius 3 is 2.53 bits per heavy atom. The van der Waals surface area contributed by atoms with E-state index in [1.807, 2.05) is 6.92 Å². The Kier molecular flexibility index (Phi) is 10.3. The lowest BCUT2D eigenvalue weighted by atomic mass is 9.85. The molecule has 2 aliphatic carbocycles. The molecule has 0 heterocycles. The van der Waals surface area contributed by atoms with Gasteiger partial charge in [0.15, 0.2) is 5.96 Å². The molecule has 8 heteroatoms. The van der Waals surface area contributed by atoms with Crippen LogP contribution in [0.25, 0.3) is 0 Å². The van der Waals surface area contributed by atoms with Crippen LogP contribution in [0.2, 0.25) is 0 Å². The predicted molar refractivity (Wildman–Crippen MR) is 128 cm³/mol. The summed E-state index contributed by atoms with van der Waals surface area (Å²) in [4.78, 5) is 17.1. The molecule has 3 unspecified atom stereocenters. The van der Waals surface area contributed by atoms with Crippen LogP contribution in [0.3, 0.4) is 0 Å². The molecule has 2 fully saturated rings. The molecule has 3 atom stereocenters. The third kappa shape index (κ3) is 7.68. The monoisotopic (exact) mass is 532 g/mol. The Morgan fingerprint density at radius 1 is 1.17 bits per heavy atom. The first-order valence-corrected chi connectivity index (χ1v) is 10.7. The Morgan fingerprint density at radius 2 is 1.90 bits per heavy atom. The summed E-state index contributed by atoms with van der Waals surface area (Å²) in [7, 11) is 1.63. The molecule has 6 nitrogen and oxygen atoms in total. The van der Waals surface area contributed by atoms with Crippen LogP contribution < -0.4 is 16.0 Å². The number of benzene rings is 1. The molecule has 2 saturated carbocycles. The summed E-state index contributed by atoms with van der Waals surface area (Å²) in [6.45, 7) is 3.20. The number of nitrogens with one attached hydrogen (secondary N) is 3. The zero-order chi connectivity index (χ0) is 20.6. The number of rotatable bonds is 8. The fourth-order valence-electron chi connectivity index (χ4n) is 3.79. The molecular formula is C22H34FIN4O2. The van der Waals surface area contributed by atoms with Crippen LogP contribution >= 0.6 is 24.0 Å². The van der Waals surface area contributed by atoms with Gasteiger partial charge in [-0.2, -0.15) is 0 Å². The third-order valence-electron chi connectivity index (χ3n) is 5.60. The predicted octanol–water partition coefficient (Wildman–Crippen LogP) is 3.52. The highest BCUT2D eigenvalue weighted by Gasteiger charge is 2.31. The van der Waals surface area contributed by atoms with Crippen molar-refractivity contribution in [1.29, 1.82) is 0 Å². The van der Waals surface area contributed by atoms with Crippen molar-refractivity contribution in [2.75, 3.05) is 20.2 Å². The van der Waals surface area contributed by atoms with Crippen LogP contribution in [-0.4, -0.2) is 44.1 Å². The second-order valence-electron chi connectivity index (χ2n) is 7.98. The minimum absolute atomic E-state index is 0. The maximum atomic E-state index is 13.2. The van der Waals surface area contributed by atoms with Crippen LogP contribution in [0.4, 0.5) is 4.39 Å². The second kappa shape index (κ2) is 12.4. The number of amides is 1. The van der Waals surface area contributed by atoms with Gasteiger partial charge in [0.05, 0.1) is 6.54 Å².